The molecule has 1 heterocycles. The van der Waals surface area contributed by atoms with Gasteiger partial charge in [0.1, 0.15) is 11.4 Å². The molecule has 0 aromatic heterocycles. The van der Waals surface area contributed by atoms with Crippen molar-refractivity contribution < 1.29 is 14.3 Å². The van der Waals surface area contributed by atoms with E-state index in [-0.39, 0.29) is 17.7 Å². The number of nitrogens with one attached hydrogen (secondary N) is 1. The number of carbonyl (C=O) groups is 2. The van der Waals surface area contributed by atoms with E-state index in [0.717, 1.165) is 23.4 Å². The van der Waals surface area contributed by atoms with Gasteiger partial charge in [-0.3, -0.25) is 14.5 Å². The molecule has 0 radical (unpaired) electrons. The Morgan fingerprint density at radius 2 is 1.76 bits per heavy atom. The van der Waals surface area contributed by atoms with E-state index in [1.54, 1.807) is 0 Å². The molecule has 2 aromatic carbocycles. The fraction of sp³-hybridized carbons (Fsp3) is 0.333. The van der Waals surface area contributed by atoms with Crippen LogP contribution >= 0.6 is 0 Å². The van der Waals surface area contributed by atoms with Gasteiger partial charge in [0.25, 0.3) is 11.8 Å². The van der Waals surface area contributed by atoms with Crippen molar-refractivity contribution >= 4 is 23.1 Å². The van der Waals surface area contributed by atoms with E-state index in [2.05, 4.69) is 12.2 Å². The zero-order chi connectivity index (χ0) is 21.0. The number of benzene rings is 2. The molecule has 1 N–H and O–H groups in total. The summed E-state index contributed by atoms with van der Waals surface area (Å²) in [5.74, 6) is 0.389. The van der Waals surface area contributed by atoms with Gasteiger partial charge in [0, 0.05) is 12.2 Å². The SMILES string of the molecule is CCCOc1ccc(C2=C(Nc3cccc(C)c3)C(=O)N(CC(C)C)C2=O)cc1. The average molecular weight is 392 g/mol. The number of hydrogen-bond donors (Lipinski definition) is 1. The number of amides is 2. The fourth-order valence-electron chi connectivity index (χ4n) is 3.30. The number of rotatable bonds is 8. The molecule has 29 heavy (non-hydrogen) atoms. The average Bonchev–Trinajstić information content (AvgIpc) is 2.91. The normalized spacial score (nSPS) is 14.2. The van der Waals surface area contributed by atoms with E-state index < -0.39 is 0 Å². The molecule has 0 atom stereocenters. The van der Waals surface area contributed by atoms with Crippen molar-refractivity contribution in [2.45, 2.75) is 34.1 Å². The highest BCUT2D eigenvalue weighted by Gasteiger charge is 2.39. The number of hydrogen-bond acceptors (Lipinski definition) is 4. The van der Waals surface area contributed by atoms with Crippen molar-refractivity contribution in [1.29, 1.82) is 0 Å². The van der Waals surface area contributed by atoms with E-state index in [4.69, 9.17) is 4.74 Å². The van der Waals surface area contributed by atoms with Gasteiger partial charge in [0.15, 0.2) is 0 Å². The quantitative estimate of drug-likeness (QED) is 0.666. The molecule has 3 rings (SSSR count). The van der Waals surface area contributed by atoms with Crippen molar-refractivity contribution in [1.82, 2.24) is 4.90 Å². The minimum atomic E-state index is -0.286. The van der Waals surface area contributed by atoms with Crippen LogP contribution in [0.5, 0.6) is 5.75 Å². The van der Waals surface area contributed by atoms with Crippen molar-refractivity contribution in [2.24, 2.45) is 5.92 Å². The van der Waals surface area contributed by atoms with Crippen LogP contribution in [0.25, 0.3) is 5.57 Å². The summed E-state index contributed by atoms with van der Waals surface area (Å²) in [4.78, 5) is 27.6. The molecule has 1 aliphatic heterocycles. The molecule has 0 saturated carbocycles. The van der Waals surface area contributed by atoms with Crippen LogP contribution in [0.15, 0.2) is 54.2 Å². The molecular weight excluding hydrogens is 364 g/mol. The third-order valence-corrected chi connectivity index (χ3v) is 4.62. The van der Waals surface area contributed by atoms with Crippen molar-refractivity contribution in [3.05, 3.63) is 65.4 Å². The first-order valence-corrected chi connectivity index (χ1v) is 10.1. The predicted octanol–water partition coefficient (Wildman–Crippen LogP) is 4.63. The molecule has 0 unspecified atom stereocenters. The number of anilines is 1. The minimum absolute atomic E-state index is 0.187. The second-order valence-electron chi connectivity index (χ2n) is 7.73. The van der Waals surface area contributed by atoms with E-state index >= 15 is 0 Å². The lowest BCUT2D eigenvalue weighted by Gasteiger charge is -2.17. The molecule has 5 heteroatoms. The van der Waals surface area contributed by atoms with Crippen LogP contribution < -0.4 is 10.1 Å². The summed E-state index contributed by atoms with van der Waals surface area (Å²) in [7, 11) is 0. The lowest BCUT2D eigenvalue weighted by Crippen LogP contribution is -2.35. The zero-order valence-electron chi connectivity index (χ0n) is 17.5. The number of carbonyl (C=O) groups excluding carboxylic acids is 2. The van der Waals surface area contributed by atoms with Crippen LogP contribution in [0.1, 0.15) is 38.3 Å². The first kappa shape index (κ1) is 20.6. The van der Waals surface area contributed by atoms with Crippen molar-refractivity contribution in [2.75, 3.05) is 18.5 Å². The Bertz CT molecular complexity index is 929. The maximum atomic E-state index is 13.2. The van der Waals surface area contributed by atoms with Crippen molar-refractivity contribution in [3.63, 3.8) is 0 Å². The van der Waals surface area contributed by atoms with E-state index in [0.29, 0.717) is 30.0 Å². The van der Waals surface area contributed by atoms with Crippen LogP contribution in [-0.4, -0.2) is 29.9 Å². The molecule has 2 amide bonds. The Kier molecular flexibility index (Phi) is 6.37. The van der Waals surface area contributed by atoms with Crippen LogP contribution in [0.3, 0.4) is 0 Å². The number of nitrogens with zero attached hydrogens (tertiary/aromatic N) is 1. The first-order chi connectivity index (χ1) is 13.9. The summed E-state index contributed by atoms with van der Waals surface area (Å²) >= 11 is 0. The molecule has 2 aromatic rings. The van der Waals surface area contributed by atoms with Gasteiger partial charge in [-0.1, -0.05) is 45.0 Å². The van der Waals surface area contributed by atoms with Gasteiger partial charge in [-0.05, 0) is 54.7 Å². The summed E-state index contributed by atoms with van der Waals surface area (Å²) < 4.78 is 5.64. The van der Waals surface area contributed by atoms with Crippen LogP contribution in [-0.2, 0) is 9.59 Å². The van der Waals surface area contributed by atoms with Crippen LogP contribution in [0.4, 0.5) is 5.69 Å². The molecule has 0 fully saturated rings. The molecule has 0 aliphatic carbocycles. The van der Waals surface area contributed by atoms with Gasteiger partial charge < -0.3 is 10.1 Å². The smallest absolute Gasteiger partial charge is 0.278 e. The number of imide groups is 1. The summed E-state index contributed by atoms with van der Waals surface area (Å²) in [6, 6.07) is 15.1. The van der Waals surface area contributed by atoms with Gasteiger partial charge in [-0.2, -0.15) is 0 Å². The number of aryl methyl sites for hydroxylation is 1. The molecule has 1 aliphatic rings. The number of ether oxygens (including phenoxy) is 1. The Morgan fingerprint density at radius 1 is 1.03 bits per heavy atom. The van der Waals surface area contributed by atoms with E-state index in [1.165, 1.54) is 4.90 Å². The Balaban J connectivity index is 1.99. The summed E-state index contributed by atoms with van der Waals surface area (Å²) in [5.41, 5.74) is 3.29. The lowest BCUT2D eigenvalue weighted by atomic mass is 10.0. The highest BCUT2D eigenvalue weighted by molar-refractivity contribution is 6.36. The van der Waals surface area contributed by atoms with Gasteiger partial charge in [-0.25, -0.2) is 0 Å². The van der Waals surface area contributed by atoms with Gasteiger partial charge >= 0.3 is 0 Å². The summed E-state index contributed by atoms with van der Waals surface area (Å²) in [5, 5.41) is 3.20. The monoisotopic (exact) mass is 392 g/mol. The summed E-state index contributed by atoms with van der Waals surface area (Å²) in [6.07, 6.45) is 0.925. The second-order valence-corrected chi connectivity index (χ2v) is 7.73. The molecule has 0 saturated heterocycles. The molecule has 5 nitrogen and oxygen atoms in total. The first-order valence-electron chi connectivity index (χ1n) is 10.1. The van der Waals surface area contributed by atoms with E-state index in [9.17, 15) is 9.59 Å². The van der Waals surface area contributed by atoms with E-state index in [1.807, 2.05) is 69.3 Å². The lowest BCUT2D eigenvalue weighted by molar-refractivity contribution is -0.137. The topological polar surface area (TPSA) is 58.6 Å². The third-order valence-electron chi connectivity index (χ3n) is 4.62. The summed E-state index contributed by atoms with van der Waals surface area (Å²) in [6.45, 7) is 9.05. The third kappa shape index (κ3) is 4.67. The highest BCUT2D eigenvalue weighted by Crippen LogP contribution is 2.32. The second kappa shape index (κ2) is 8.95. The van der Waals surface area contributed by atoms with Gasteiger partial charge in [-0.15, -0.1) is 0 Å². The highest BCUT2D eigenvalue weighted by atomic mass is 16.5. The minimum Gasteiger partial charge on any atom is -0.494 e. The molecule has 0 bridgehead atoms. The predicted molar refractivity (Wildman–Crippen MR) is 116 cm³/mol. The Morgan fingerprint density at radius 3 is 2.38 bits per heavy atom. The Hall–Kier alpha value is -3.08. The maximum Gasteiger partial charge on any atom is 0.278 e. The molecule has 152 valence electrons. The molecule has 0 spiro atoms. The van der Waals surface area contributed by atoms with Gasteiger partial charge in [0.05, 0.1) is 12.2 Å². The Labute approximate surface area is 172 Å². The van der Waals surface area contributed by atoms with Crippen molar-refractivity contribution in [3.8, 4) is 5.75 Å². The molecular formula is C24H28N2O3. The zero-order valence-corrected chi connectivity index (χ0v) is 17.5. The van der Waals surface area contributed by atoms with Crippen LogP contribution in [0.2, 0.25) is 0 Å². The largest absolute Gasteiger partial charge is 0.494 e. The fourth-order valence-corrected chi connectivity index (χ4v) is 3.30. The maximum absolute atomic E-state index is 13.2. The van der Waals surface area contributed by atoms with Gasteiger partial charge in [0.2, 0.25) is 0 Å². The van der Waals surface area contributed by atoms with Crippen LogP contribution in [0, 0.1) is 12.8 Å². The standard InChI is InChI=1S/C24H28N2O3/c1-5-13-29-20-11-9-18(10-12-20)21-22(25-19-8-6-7-17(4)14-19)24(28)26(23(21)27)15-16(2)3/h6-12,14,16,25H,5,13,15H2,1-4H3.